The number of hydrogen-bond acceptors (Lipinski definition) is 2. The summed E-state index contributed by atoms with van der Waals surface area (Å²) in [6.45, 7) is 3.88. The van der Waals surface area contributed by atoms with Gasteiger partial charge in [-0.15, -0.1) is 12.4 Å². The average Bonchev–Trinajstić information content (AvgIpc) is 2.89. The number of hydrogen-bond donors (Lipinski definition) is 1. The maximum Gasteiger partial charge on any atom is 0.123 e. The van der Waals surface area contributed by atoms with Crippen molar-refractivity contribution in [1.29, 1.82) is 0 Å². The van der Waals surface area contributed by atoms with Crippen molar-refractivity contribution in [1.82, 2.24) is 4.90 Å². The van der Waals surface area contributed by atoms with Gasteiger partial charge >= 0.3 is 0 Å². The van der Waals surface area contributed by atoms with E-state index in [0.717, 1.165) is 18.7 Å². The molecule has 0 saturated carbocycles. The average molecular weight is 321 g/mol. The third-order valence-corrected chi connectivity index (χ3v) is 4.50. The van der Waals surface area contributed by atoms with Crippen LogP contribution in [0.25, 0.3) is 0 Å². The first kappa shape index (κ1) is 16.9. The number of halogens is 2. The fraction of sp³-hybridized carbons (Fsp3) is 0.333. The third-order valence-electron chi connectivity index (χ3n) is 4.50. The van der Waals surface area contributed by atoms with Crippen molar-refractivity contribution < 1.29 is 4.39 Å². The van der Waals surface area contributed by atoms with Crippen molar-refractivity contribution >= 4 is 12.4 Å². The smallest absolute Gasteiger partial charge is 0.123 e. The fourth-order valence-electron chi connectivity index (χ4n) is 3.21. The number of benzene rings is 2. The van der Waals surface area contributed by atoms with Crippen molar-refractivity contribution in [3.8, 4) is 0 Å². The van der Waals surface area contributed by atoms with Gasteiger partial charge in [-0.1, -0.05) is 42.5 Å². The van der Waals surface area contributed by atoms with Crippen LogP contribution in [-0.2, 0) is 0 Å². The topological polar surface area (TPSA) is 29.3 Å². The quantitative estimate of drug-likeness (QED) is 0.933. The summed E-state index contributed by atoms with van der Waals surface area (Å²) in [5.41, 5.74) is 8.63. The standard InChI is InChI=1S/C18H21FN2.ClH/c1-13(15-8-5-9-16(19)10-15)21-11-17(18(20)12-21)14-6-3-2-4-7-14;/h2-10,13,17-18H,11-12,20H2,1H3;1H/t13?,17-,18+;/m0./s1. The molecule has 2 aromatic rings. The van der Waals surface area contributed by atoms with Gasteiger partial charge in [-0.2, -0.15) is 0 Å². The van der Waals surface area contributed by atoms with Crippen LogP contribution in [0.4, 0.5) is 4.39 Å². The highest BCUT2D eigenvalue weighted by Crippen LogP contribution is 2.32. The van der Waals surface area contributed by atoms with Crippen LogP contribution in [0.1, 0.15) is 30.0 Å². The molecular weight excluding hydrogens is 299 g/mol. The molecule has 0 aromatic heterocycles. The van der Waals surface area contributed by atoms with Gasteiger partial charge < -0.3 is 5.73 Å². The Labute approximate surface area is 137 Å². The minimum atomic E-state index is -0.178. The fourth-order valence-corrected chi connectivity index (χ4v) is 3.21. The van der Waals surface area contributed by atoms with E-state index in [1.54, 1.807) is 12.1 Å². The van der Waals surface area contributed by atoms with Crippen LogP contribution in [0.3, 0.4) is 0 Å². The maximum absolute atomic E-state index is 13.4. The molecule has 0 bridgehead atoms. The molecule has 0 aliphatic carbocycles. The molecule has 0 radical (unpaired) electrons. The van der Waals surface area contributed by atoms with Gasteiger partial charge in [0.2, 0.25) is 0 Å². The highest BCUT2D eigenvalue weighted by molar-refractivity contribution is 5.85. The van der Waals surface area contributed by atoms with Gasteiger partial charge in [-0.3, -0.25) is 4.90 Å². The Morgan fingerprint density at radius 2 is 1.82 bits per heavy atom. The van der Waals surface area contributed by atoms with Crippen LogP contribution in [0.2, 0.25) is 0 Å². The van der Waals surface area contributed by atoms with Crippen LogP contribution in [0.5, 0.6) is 0 Å². The lowest BCUT2D eigenvalue weighted by Gasteiger charge is -2.24. The van der Waals surface area contributed by atoms with Gasteiger partial charge in [0.15, 0.2) is 0 Å². The largest absolute Gasteiger partial charge is 0.326 e. The monoisotopic (exact) mass is 320 g/mol. The maximum atomic E-state index is 13.4. The summed E-state index contributed by atoms with van der Waals surface area (Å²) < 4.78 is 13.4. The predicted molar refractivity (Wildman–Crippen MR) is 90.8 cm³/mol. The van der Waals surface area contributed by atoms with Crippen molar-refractivity contribution in [3.05, 3.63) is 71.5 Å². The van der Waals surface area contributed by atoms with E-state index in [2.05, 4.69) is 36.1 Å². The molecule has 2 nitrogen and oxygen atoms in total. The molecule has 0 spiro atoms. The van der Waals surface area contributed by atoms with E-state index < -0.39 is 0 Å². The van der Waals surface area contributed by atoms with Crippen LogP contribution in [0.15, 0.2) is 54.6 Å². The minimum Gasteiger partial charge on any atom is -0.326 e. The molecule has 1 heterocycles. The molecule has 4 heteroatoms. The lowest BCUT2D eigenvalue weighted by Crippen LogP contribution is -2.30. The van der Waals surface area contributed by atoms with E-state index in [0.29, 0.717) is 5.92 Å². The van der Waals surface area contributed by atoms with Gasteiger partial charge in [0.05, 0.1) is 0 Å². The van der Waals surface area contributed by atoms with E-state index in [9.17, 15) is 4.39 Å². The van der Waals surface area contributed by atoms with Gasteiger partial charge in [-0.25, -0.2) is 4.39 Å². The minimum absolute atomic E-state index is 0. The predicted octanol–water partition coefficient (Wildman–Crippen LogP) is 3.74. The molecule has 1 fully saturated rings. The second-order valence-corrected chi connectivity index (χ2v) is 5.87. The van der Waals surface area contributed by atoms with Crippen molar-refractivity contribution in [2.24, 2.45) is 5.73 Å². The van der Waals surface area contributed by atoms with Gasteiger partial charge in [0.25, 0.3) is 0 Å². The Hall–Kier alpha value is -1.42. The highest BCUT2D eigenvalue weighted by Gasteiger charge is 2.33. The summed E-state index contributed by atoms with van der Waals surface area (Å²) in [6.07, 6.45) is 0. The Balaban J connectivity index is 0.00000176. The number of nitrogens with two attached hydrogens (primary N) is 1. The van der Waals surface area contributed by atoms with Gasteiger partial charge in [0, 0.05) is 31.1 Å². The Bertz CT molecular complexity index is 605. The lowest BCUT2D eigenvalue weighted by molar-refractivity contribution is 0.257. The van der Waals surface area contributed by atoms with Crippen molar-refractivity contribution in [2.75, 3.05) is 13.1 Å². The summed E-state index contributed by atoms with van der Waals surface area (Å²) in [6, 6.07) is 17.6. The summed E-state index contributed by atoms with van der Waals surface area (Å²) >= 11 is 0. The van der Waals surface area contributed by atoms with E-state index in [1.807, 2.05) is 12.1 Å². The SMILES string of the molecule is CC(c1cccc(F)c1)N1C[C@@H](N)[C@H](c2ccccc2)C1.Cl. The molecule has 0 amide bonds. The summed E-state index contributed by atoms with van der Waals surface area (Å²) in [4.78, 5) is 2.34. The van der Waals surface area contributed by atoms with E-state index >= 15 is 0 Å². The Morgan fingerprint density at radius 3 is 2.50 bits per heavy atom. The summed E-state index contributed by atoms with van der Waals surface area (Å²) in [5, 5.41) is 0. The zero-order valence-electron chi connectivity index (χ0n) is 12.7. The molecule has 22 heavy (non-hydrogen) atoms. The lowest BCUT2D eigenvalue weighted by atomic mass is 9.95. The summed E-state index contributed by atoms with van der Waals surface area (Å²) in [5.74, 6) is 0.171. The molecular formula is C18H22ClFN2. The van der Waals surface area contributed by atoms with E-state index in [4.69, 9.17) is 5.73 Å². The number of rotatable bonds is 3. The Morgan fingerprint density at radius 1 is 1.09 bits per heavy atom. The molecule has 1 unspecified atom stereocenters. The number of likely N-dealkylation sites (tertiary alicyclic amines) is 1. The molecule has 1 aliphatic heterocycles. The first-order valence-corrected chi connectivity index (χ1v) is 7.45. The molecule has 3 rings (SSSR count). The molecule has 3 atom stereocenters. The first-order valence-electron chi connectivity index (χ1n) is 7.45. The van der Waals surface area contributed by atoms with Gasteiger partial charge in [-0.05, 0) is 30.2 Å². The molecule has 118 valence electrons. The number of nitrogens with zero attached hydrogens (tertiary/aromatic N) is 1. The summed E-state index contributed by atoms with van der Waals surface area (Å²) in [7, 11) is 0. The third kappa shape index (κ3) is 3.49. The molecule has 2 aromatic carbocycles. The van der Waals surface area contributed by atoms with Crippen molar-refractivity contribution in [2.45, 2.75) is 24.9 Å². The van der Waals surface area contributed by atoms with Crippen LogP contribution in [0, 0.1) is 5.82 Å². The van der Waals surface area contributed by atoms with Crippen LogP contribution in [-0.4, -0.2) is 24.0 Å². The Kier molecular flexibility index (Phi) is 5.57. The molecule has 1 saturated heterocycles. The second-order valence-electron chi connectivity index (χ2n) is 5.87. The van der Waals surface area contributed by atoms with Crippen LogP contribution < -0.4 is 5.73 Å². The highest BCUT2D eigenvalue weighted by atomic mass is 35.5. The van der Waals surface area contributed by atoms with Crippen LogP contribution >= 0.6 is 12.4 Å². The zero-order valence-corrected chi connectivity index (χ0v) is 13.5. The zero-order chi connectivity index (χ0) is 14.8. The van der Waals surface area contributed by atoms with E-state index in [1.165, 1.54) is 11.6 Å². The second kappa shape index (κ2) is 7.23. The normalized spacial score (nSPS) is 23.0. The van der Waals surface area contributed by atoms with E-state index in [-0.39, 0.29) is 30.3 Å². The van der Waals surface area contributed by atoms with Gasteiger partial charge in [0.1, 0.15) is 5.82 Å². The first-order chi connectivity index (χ1) is 10.1. The molecule has 1 aliphatic rings. The molecule has 2 N–H and O–H groups in total. The van der Waals surface area contributed by atoms with Crippen molar-refractivity contribution in [3.63, 3.8) is 0 Å².